The van der Waals surface area contributed by atoms with Gasteiger partial charge in [-0.2, -0.15) is 0 Å². The molecule has 20 heavy (non-hydrogen) atoms. The predicted octanol–water partition coefficient (Wildman–Crippen LogP) is 3.08. The quantitative estimate of drug-likeness (QED) is 0.682. The summed E-state index contributed by atoms with van der Waals surface area (Å²) in [6.07, 6.45) is -0.148. The van der Waals surface area contributed by atoms with E-state index in [4.69, 9.17) is 9.47 Å². The minimum absolute atomic E-state index is 0.0534. The van der Waals surface area contributed by atoms with Crippen molar-refractivity contribution in [3.8, 4) is 0 Å². The molecule has 1 rings (SSSR count). The van der Waals surface area contributed by atoms with Crippen LogP contribution in [0.15, 0.2) is 5.38 Å². The van der Waals surface area contributed by atoms with Crippen LogP contribution >= 0.6 is 11.3 Å². The molecule has 1 heterocycles. The Morgan fingerprint density at radius 3 is 2.55 bits per heavy atom. The second-order valence-electron chi connectivity index (χ2n) is 4.86. The topological polar surface area (TPSA) is 81.7 Å². The van der Waals surface area contributed by atoms with E-state index in [0.717, 1.165) is 11.3 Å². The summed E-state index contributed by atoms with van der Waals surface area (Å²) in [7, 11) is 0. The van der Waals surface area contributed by atoms with Gasteiger partial charge in [-0.3, -0.25) is 10.1 Å². The number of aldehydes is 1. The molecule has 1 amide bonds. The predicted molar refractivity (Wildman–Crippen MR) is 75.5 cm³/mol. The van der Waals surface area contributed by atoms with Crippen LogP contribution in [0, 0.1) is 0 Å². The van der Waals surface area contributed by atoms with Gasteiger partial charge in [-0.1, -0.05) is 0 Å². The van der Waals surface area contributed by atoms with Crippen LogP contribution in [0.4, 0.5) is 9.80 Å². The summed E-state index contributed by atoms with van der Waals surface area (Å²) in [4.78, 5) is 34.4. The third kappa shape index (κ3) is 4.34. The summed E-state index contributed by atoms with van der Waals surface area (Å²) in [5.74, 6) is -0.651. The SMILES string of the molecule is CCOC(=O)c1c(C=O)csc1NC(=O)OC(C)(C)C. The Morgan fingerprint density at radius 1 is 1.40 bits per heavy atom. The first-order chi connectivity index (χ1) is 9.28. The number of ether oxygens (including phenoxy) is 2. The molecule has 0 fully saturated rings. The Morgan fingerprint density at radius 2 is 2.05 bits per heavy atom. The summed E-state index contributed by atoms with van der Waals surface area (Å²) in [6, 6.07) is 0. The zero-order valence-electron chi connectivity index (χ0n) is 11.8. The van der Waals surface area contributed by atoms with Gasteiger partial charge in [0.15, 0.2) is 6.29 Å². The number of rotatable bonds is 4. The van der Waals surface area contributed by atoms with E-state index >= 15 is 0 Å². The Balaban J connectivity index is 2.96. The Labute approximate surface area is 121 Å². The molecular weight excluding hydrogens is 282 g/mol. The number of hydrogen-bond donors (Lipinski definition) is 1. The van der Waals surface area contributed by atoms with Gasteiger partial charge < -0.3 is 9.47 Å². The van der Waals surface area contributed by atoms with Crippen molar-refractivity contribution in [2.45, 2.75) is 33.3 Å². The van der Waals surface area contributed by atoms with E-state index in [1.54, 1.807) is 27.7 Å². The van der Waals surface area contributed by atoms with Gasteiger partial charge in [-0.05, 0) is 27.7 Å². The third-order valence-electron chi connectivity index (χ3n) is 2.04. The van der Waals surface area contributed by atoms with Crippen LogP contribution in [-0.2, 0) is 9.47 Å². The lowest BCUT2D eigenvalue weighted by Gasteiger charge is -2.19. The van der Waals surface area contributed by atoms with Crippen molar-refractivity contribution in [2.75, 3.05) is 11.9 Å². The van der Waals surface area contributed by atoms with Crippen molar-refractivity contribution >= 4 is 34.7 Å². The molecule has 0 radical (unpaired) electrons. The average molecular weight is 299 g/mol. The van der Waals surface area contributed by atoms with Crippen LogP contribution in [-0.4, -0.2) is 30.6 Å². The standard InChI is InChI=1S/C13H17NO5S/c1-5-18-11(16)9-8(6-15)7-20-10(9)14-12(17)19-13(2,3)4/h6-7H,5H2,1-4H3,(H,14,17). The number of amides is 1. The fraction of sp³-hybridized carbons (Fsp3) is 0.462. The highest BCUT2D eigenvalue weighted by Crippen LogP contribution is 2.28. The van der Waals surface area contributed by atoms with Gasteiger partial charge in [0.25, 0.3) is 0 Å². The minimum Gasteiger partial charge on any atom is -0.462 e. The van der Waals surface area contributed by atoms with Crippen molar-refractivity contribution in [2.24, 2.45) is 0 Å². The number of carbonyl (C=O) groups is 3. The van der Waals surface area contributed by atoms with E-state index in [-0.39, 0.29) is 22.7 Å². The zero-order chi connectivity index (χ0) is 15.3. The highest BCUT2D eigenvalue weighted by Gasteiger charge is 2.23. The largest absolute Gasteiger partial charge is 0.462 e. The Bertz CT molecular complexity index is 515. The fourth-order valence-corrected chi connectivity index (χ4v) is 2.24. The van der Waals surface area contributed by atoms with Gasteiger partial charge in [-0.15, -0.1) is 11.3 Å². The number of hydrogen-bond acceptors (Lipinski definition) is 6. The summed E-state index contributed by atoms with van der Waals surface area (Å²) in [5, 5.41) is 4.17. The molecule has 6 nitrogen and oxygen atoms in total. The molecule has 1 aromatic rings. The molecule has 7 heteroatoms. The average Bonchev–Trinajstić information content (AvgIpc) is 2.69. The highest BCUT2D eigenvalue weighted by molar-refractivity contribution is 7.15. The number of carbonyl (C=O) groups excluding carboxylic acids is 3. The molecule has 110 valence electrons. The zero-order valence-corrected chi connectivity index (χ0v) is 12.6. The minimum atomic E-state index is -0.692. The van der Waals surface area contributed by atoms with Gasteiger partial charge in [-0.25, -0.2) is 9.59 Å². The number of anilines is 1. The van der Waals surface area contributed by atoms with Crippen LogP contribution in [0.2, 0.25) is 0 Å². The molecule has 0 unspecified atom stereocenters. The van der Waals surface area contributed by atoms with Crippen LogP contribution in [0.5, 0.6) is 0 Å². The van der Waals surface area contributed by atoms with Crippen molar-refractivity contribution < 1.29 is 23.9 Å². The normalized spacial score (nSPS) is 10.8. The molecule has 0 saturated carbocycles. The molecule has 1 aromatic heterocycles. The van der Waals surface area contributed by atoms with Gasteiger partial charge in [0, 0.05) is 10.9 Å². The van der Waals surface area contributed by atoms with E-state index < -0.39 is 17.7 Å². The van der Waals surface area contributed by atoms with Crippen LogP contribution < -0.4 is 5.32 Å². The number of thiophene rings is 1. The van der Waals surface area contributed by atoms with E-state index in [1.807, 2.05) is 0 Å². The van der Waals surface area contributed by atoms with E-state index in [0.29, 0.717) is 6.29 Å². The lowest BCUT2D eigenvalue weighted by atomic mass is 10.2. The number of nitrogens with one attached hydrogen (secondary N) is 1. The first-order valence-electron chi connectivity index (χ1n) is 6.02. The van der Waals surface area contributed by atoms with Gasteiger partial charge in [0.05, 0.1) is 6.61 Å². The van der Waals surface area contributed by atoms with E-state index in [9.17, 15) is 14.4 Å². The molecule has 0 atom stereocenters. The molecule has 1 N–H and O–H groups in total. The Kier molecular flexibility index (Phi) is 5.26. The van der Waals surface area contributed by atoms with Gasteiger partial charge in [0.2, 0.25) is 0 Å². The monoisotopic (exact) mass is 299 g/mol. The second-order valence-corrected chi connectivity index (χ2v) is 5.74. The van der Waals surface area contributed by atoms with Crippen LogP contribution in [0.3, 0.4) is 0 Å². The molecule has 0 bridgehead atoms. The molecule has 0 aliphatic heterocycles. The summed E-state index contributed by atoms with van der Waals surface area (Å²) >= 11 is 1.07. The smallest absolute Gasteiger partial charge is 0.412 e. The van der Waals surface area contributed by atoms with Crippen molar-refractivity contribution in [1.29, 1.82) is 0 Å². The van der Waals surface area contributed by atoms with Crippen molar-refractivity contribution in [1.82, 2.24) is 0 Å². The van der Waals surface area contributed by atoms with Crippen LogP contribution in [0.25, 0.3) is 0 Å². The maximum atomic E-state index is 11.8. The molecule has 0 aliphatic carbocycles. The fourth-order valence-electron chi connectivity index (χ4n) is 1.36. The molecular formula is C13H17NO5S. The van der Waals surface area contributed by atoms with Crippen molar-refractivity contribution in [3.05, 3.63) is 16.5 Å². The van der Waals surface area contributed by atoms with Gasteiger partial charge >= 0.3 is 12.1 Å². The highest BCUT2D eigenvalue weighted by atomic mass is 32.1. The van der Waals surface area contributed by atoms with Gasteiger partial charge in [0.1, 0.15) is 16.2 Å². The maximum absolute atomic E-state index is 11.8. The molecule has 0 aromatic carbocycles. The maximum Gasteiger partial charge on any atom is 0.412 e. The molecule has 0 spiro atoms. The molecule has 0 saturated heterocycles. The lowest BCUT2D eigenvalue weighted by molar-refractivity contribution is 0.0526. The lowest BCUT2D eigenvalue weighted by Crippen LogP contribution is -2.27. The first-order valence-corrected chi connectivity index (χ1v) is 6.90. The summed E-state index contributed by atoms with van der Waals surface area (Å²) < 4.78 is 9.96. The Hall–Kier alpha value is -1.89. The summed E-state index contributed by atoms with van der Waals surface area (Å²) in [6.45, 7) is 7.02. The van der Waals surface area contributed by atoms with Crippen molar-refractivity contribution in [3.63, 3.8) is 0 Å². The summed E-state index contributed by atoms with van der Waals surface area (Å²) in [5.41, 5.74) is -0.420. The second kappa shape index (κ2) is 6.51. The number of esters is 1. The van der Waals surface area contributed by atoms with E-state index in [1.165, 1.54) is 5.38 Å². The van der Waals surface area contributed by atoms with Crippen LogP contribution in [0.1, 0.15) is 48.4 Å². The van der Waals surface area contributed by atoms with E-state index in [2.05, 4.69) is 5.32 Å². The first kappa shape index (κ1) is 16.2. The molecule has 0 aliphatic rings. The third-order valence-corrected chi connectivity index (χ3v) is 2.95.